The smallest absolute Gasteiger partial charge is 0.374 e. The molecule has 6 aromatic rings. The Morgan fingerprint density at radius 2 is 0.774 bits per heavy atom. The van der Waals surface area contributed by atoms with Gasteiger partial charge in [0.2, 0.25) is 0 Å². The molecule has 0 saturated heterocycles. The van der Waals surface area contributed by atoms with Gasteiger partial charge in [-0.25, -0.2) is 9.97 Å². The van der Waals surface area contributed by atoms with E-state index < -0.39 is 10.8 Å². The molecule has 11 heteroatoms. The normalized spacial score (nSPS) is 18.7. The molecule has 2 aromatic heterocycles. The van der Waals surface area contributed by atoms with Crippen molar-refractivity contribution in [1.29, 1.82) is 0 Å². The molecule has 4 aromatic carbocycles. The number of nitrogens with zero attached hydrogens (tertiary/aromatic N) is 10. The number of aliphatic imine (C=N–C) groups is 2. The van der Waals surface area contributed by atoms with E-state index in [1.165, 1.54) is 0 Å². The first-order valence-corrected chi connectivity index (χ1v) is 17.3. The number of para-hydroxylation sites is 4. The number of guanidine groups is 2. The molecular formula is C42H36CuN10. The summed E-state index contributed by atoms with van der Waals surface area (Å²) < 4.78 is 4.05. The van der Waals surface area contributed by atoms with Gasteiger partial charge in [-0.05, 0) is 87.1 Å². The number of anilines is 2. The number of aromatic nitrogens is 4. The number of hydrogen-bond acceptors (Lipinski definition) is 6. The summed E-state index contributed by atoms with van der Waals surface area (Å²) in [5.74, 6) is 2.04. The van der Waals surface area contributed by atoms with E-state index in [0.717, 1.165) is 45.5 Å². The average molecular weight is 744 g/mol. The second kappa shape index (κ2) is 13.1. The van der Waals surface area contributed by atoms with Gasteiger partial charge in [0.1, 0.15) is 0 Å². The summed E-state index contributed by atoms with van der Waals surface area (Å²) in [7, 11) is 0. The Morgan fingerprint density at radius 1 is 0.453 bits per heavy atom. The maximum atomic E-state index is 5.22. The minimum absolute atomic E-state index is 0. The Hall–Kier alpha value is -6.16. The summed E-state index contributed by atoms with van der Waals surface area (Å²) in [5, 5.41) is 10.4. The molecule has 0 saturated carbocycles. The van der Waals surface area contributed by atoms with Gasteiger partial charge in [0.05, 0.1) is 11.4 Å². The van der Waals surface area contributed by atoms with Crippen LogP contribution in [0, 0.1) is 0 Å². The van der Waals surface area contributed by atoms with Crippen molar-refractivity contribution < 1.29 is 17.1 Å². The Labute approximate surface area is 319 Å². The van der Waals surface area contributed by atoms with Crippen molar-refractivity contribution in [2.45, 2.75) is 38.5 Å². The molecule has 0 atom stereocenters. The van der Waals surface area contributed by atoms with E-state index in [-0.39, 0.29) is 17.1 Å². The van der Waals surface area contributed by atoms with Crippen LogP contribution in [0.5, 0.6) is 0 Å². The van der Waals surface area contributed by atoms with Crippen LogP contribution in [-0.4, -0.2) is 31.0 Å². The summed E-state index contributed by atoms with van der Waals surface area (Å²) >= 11 is 0. The minimum atomic E-state index is -0.645. The van der Waals surface area contributed by atoms with Crippen LogP contribution >= 0.6 is 0 Å². The van der Waals surface area contributed by atoms with E-state index in [1.54, 1.807) is 0 Å². The fourth-order valence-electron chi connectivity index (χ4n) is 6.56. The van der Waals surface area contributed by atoms with Crippen molar-refractivity contribution in [2.75, 3.05) is 9.80 Å². The third-order valence-corrected chi connectivity index (χ3v) is 9.85. The molecule has 3 aliphatic heterocycles. The molecule has 0 unspecified atom stereocenters. The first-order chi connectivity index (χ1) is 25.3. The molecule has 0 spiro atoms. The van der Waals surface area contributed by atoms with Crippen molar-refractivity contribution in [3.63, 3.8) is 0 Å². The largest absolute Gasteiger partial charge is 2.00 e. The molecule has 0 N–H and O–H groups in total. The van der Waals surface area contributed by atoms with E-state index in [1.807, 2.05) is 91.7 Å². The van der Waals surface area contributed by atoms with Crippen molar-refractivity contribution in [3.05, 3.63) is 180 Å². The third kappa shape index (κ3) is 5.93. The van der Waals surface area contributed by atoms with E-state index >= 15 is 0 Å². The Kier molecular flexibility index (Phi) is 8.40. The van der Waals surface area contributed by atoms with Crippen LogP contribution in [0.25, 0.3) is 22.0 Å². The van der Waals surface area contributed by atoms with Gasteiger partial charge in [0.25, 0.3) is 0 Å². The van der Waals surface area contributed by atoms with E-state index in [2.05, 4.69) is 101 Å². The second-order valence-electron chi connectivity index (χ2n) is 14.0. The summed E-state index contributed by atoms with van der Waals surface area (Å²) in [6, 6.07) is 40.6. The molecule has 0 aliphatic carbocycles. The zero-order chi connectivity index (χ0) is 35.5. The molecule has 8 bridgehead atoms. The molecule has 53 heavy (non-hydrogen) atoms. The zero-order valence-corrected chi connectivity index (χ0v) is 30.6. The number of benzene rings is 4. The predicted molar refractivity (Wildman–Crippen MR) is 208 cm³/mol. The first-order valence-electron chi connectivity index (χ1n) is 17.3. The fraction of sp³-hybridized carbons (Fsp3) is 0.143. The molecule has 0 amide bonds. The van der Waals surface area contributed by atoms with Gasteiger partial charge in [0.15, 0.2) is 11.9 Å². The fourth-order valence-corrected chi connectivity index (χ4v) is 6.56. The molecule has 9 rings (SSSR count). The maximum Gasteiger partial charge on any atom is 2.00 e. The van der Waals surface area contributed by atoms with Crippen molar-refractivity contribution in [3.8, 4) is 11.4 Å². The predicted octanol–water partition coefficient (Wildman–Crippen LogP) is 9.77. The standard InChI is InChI=1S/C42H36N10.Cu/c1-41(2)33-25-49(29-17-9-5-10-18-29)37(43-33)47-39-45-35(27-51(39)31-21-13-7-14-22-31)42(3,4)36-28-52(32-23-15-8-16-24-32)40(46-36)48-38-44-34(41)26-50(38)30-19-11-6-12-20-30;/h5-28H,1-4H3;/q-2;+2. The van der Waals surface area contributed by atoms with Crippen LogP contribution in [0.3, 0.4) is 0 Å². The first kappa shape index (κ1) is 34.0. The molecule has 10 nitrogen and oxygen atoms in total. The number of fused-ring (bicyclic) bond motifs is 8. The number of hydrogen-bond donors (Lipinski definition) is 0. The maximum absolute atomic E-state index is 5.22. The van der Waals surface area contributed by atoms with Gasteiger partial charge >= 0.3 is 17.1 Å². The van der Waals surface area contributed by atoms with Gasteiger partial charge in [-0.2, -0.15) is 0 Å². The zero-order valence-electron chi connectivity index (χ0n) is 29.6. The molecule has 3 aliphatic rings. The van der Waals surface area contributed by atoms with Gasteiger partial charge < -0.3 is 30.4 Å². The van der Waals surface area contributed by atoms with Gasteiger partial charge in [-0.3, -0.25) is 9.13 Å². The number of imidazole rings is 2. The summed E-state index contributed by atoms with van der Waals surface area (Å²) in [6.45, 7) is 8.53. The molecular weight excluding hydrogens is 708 g/mol. The van der Waals surface area contributed by atoms with Gasteiger partial charge in [0, 0.05) is 46.5 Å². The summed E-state index contributed by atoms with van der Waals surface area (Å²) in [5.41, 5.74) is 5.69. The SMILES string of the molecule is CC1(C)C2=CN(c3ccccc3)/C(=N/c3nc(cn3-c3ccccc3)C(C)(C)C3=CN(c4ccccc4)/C(=N/c4nc1cn4-c1ccccc1)[N-]3)[N-]2.[Cu+2]. The van der Waals surface area contributed by atoms with Gasteiger partial charge in [-0.15, -0.1) is 0 Å². The van der Waals surface area contributed by atoms with Crippen LogP contribution in [0.4, 0.5) is 23.3 Å². The Balaban J connectivity index is 0.00000400. The van der Waals surface area contributed by atoms with Crippen LogP contribution in [-0.2, 0) is 27.9 Å². The van der Waals surface area contributed by atoms with E-state index in [0.29, 0.717) is 23.8 Å². The summed E-state index contributed by atoms with van der Waals surface area (Å²) in [6.07, 6.45) is 8.22. The number of allylic oxidation sites excluding steroid dienone is 2. The van der Waals surface area contributed by atoms with Crippen LogP contribution in [0.15, 0.2) is 167 Å². The van der Waals surface area contributed by atoms with Crippen molar-refractivity contribution in [1.82, 2.24) is 19.1 Å². The molecule has 0 fully saturated rings. The topological polar surface area (TPSA) is 95.0 Å². The third-order valence-electron chi connectivity index (χ3n) is 9.85. The summed E-state index contributed by atoms with van der Waals surface area (Å²) in [4.78, 5) is 24.9. The Morgan fingerprint density at radius 3 is 1.11 bits per heavy atom. The van der Waals surface area contributed by atoms with Crippen LogP contribution in [0.1, 0.15) is 39.1 Å². The quantitative estimate of drug-likeness (QED) is 0.168. The average Bonchev–Trinajstić information content (AvgIpc) is 3.99. The molecule has 265 valence electrons. The molecule has 5 heterocycles. The minimum Gasteiger partial charge on any atom is -0.374 e. The second-order valence-corrected chi connectivity index (χ2v) is 14.0. The van der Waals surface area contributed by atoms with Crippen molar-refractivity contribution >= 4 is 35.2 Å². The monoisotopic (exact) mass is 743 g/mol. The van der Waals surface area contributed by atoms with Crippen LogP contribution in [0.2, 0.25) is 0 Å². The van der Waals surface area contributed by atoms with E-state index in [9.17, 15) is 0 Å². The van der Waals surface area contributed by atoms with Gasteiger partial charge in [-0.1, -0.05) is 97.1 Å². The van der Waals surface area contributed by atoms with E-state index in [4.69, 9.17) is 30.6 Å². The van der Waals surface area contributed by atoms with Crippen LogP contribution < -0.4 is 9.80 Å². The number of rotatable bonds is 4. The van der Waals surface area contributed by atoms with Crippen molar-refractivity contribution in [2.24, 2.45) is 9.98 Å². The Bertz CT molecular complexity index is 2240. The molecule has 1 radical (unpaired) electrons.